The van der Waals surface area contributed by atoms with E-state index in [1.807, 2.05) is 48.5 Å². The summed E-state index contributed by atoms with van der Waals surface area (Å²) in [6, 6.07) is 23.8. The minimum absolute atomic E-state index is 0.0177. The number of fused-ring (bicyclic) bond motifs is 1. The lowest BCUT2D eigenvalue weighted by atomic mass is 9.75. The number of rotatable bonds is 10. The van der Waals surface area contributed by atoms with E-state index in [0.717, 1.165) is 16.0 Å². The maximum Gasteiger partial charge on any atom is 0.329 e. The molecule has 3 aromatic carbocycles. The van der Waals surface area contributed by atoms with Crippen molar-refractivity contribution in [1.29, 1.82) is 5.41 Å². The van der Waals surface area contributed by atoms with Crippen LogP contribution in [-0.2, 0) is 37.7 Å². The number of primary amides is 1. The van der Waals surface area contributed by atoms with Gasteiger partial charge in [-0.25, -0.2) is 4.79 Å². The summed E-state index contributed by atoms with van der Waals surface area (Å²) in [4.78, 5) is 56.6. The standard InChI is InChI=1S/C31H31N5O5/c32-24(37)15-16-36-23(17-19-7-3-1-4-8-19)25-26(29(39)35(28(25)38)18-20-9-5-2-6-10-20)31(36,30(40)41)22-13-11-21(12-14-22)27(33)34/h1-14,23,25-26H,15-18H2,(H2,32,37)(H3,33,34)(H,40,41). The number of carbonyl (C=O) groups excluding carboxylic acids is 3. The molecule has 4 unspecified atom stereocenters. The molecule has 4 atom stereocenters. The molecule has 2 aliphatic heterocycles. The Morgan fingerprint density at radius 2 is 1.44 bits per heavy atom. The number of carboxylic acid groups (broad SMARTS) is 1. The number of aliphatic carboxylic acids is 1. The number of amidine groups is 1. The fourth-order valence-corrected chi connectivity index (χ4v) is 6.43. The number of nitrogens with two attached hydrogens (primary N) is 2. The third kappa shape index (κ3) is 4.76. The van der Waals surface area contributed by atoms with Crippen LogP contribution in [0.15, 0.2) is 84.9 Å². The summed E-state index contributed by atoms with van der Waals surface area (Å²) in [5.41, 5.74) is 11.4. The van der Waals surface area contributed by atoms with Crippen molar-refractivity contribution in [3.05, 3.63) is 107 Å². The second-order valence-electron chi connectivity index (χ2n) is 10.5. The molecule has 5 rings (SSSR count). The molecule has 0 aromatic heterocycles. The minimum atomic E-state index is -1.98. The number of hydrogen-bond donors (Lipinski definition) is 4. The Hall–Kier alpha value is -4.83. The zero-order chi connectivity index (χ0) is 29.3. The Morgan fingerprint density at radius 3 is 1.98 bits per heavy atom. The van der Waals surface area contributed by atoms with Gasteiger partial charge in [0.15, 0.2) is 5.54 Å². The summed E-state index contributed by atoms with van der Waals surface area (Å²) in [5, 5.41) is 18.8. The number of nitrogen functional groups attached to an aromatic ring is 1. The zero-order valence-electron chi connectivity index (χ0n) is 22.3. The van der Waals surface area contributed by atoms with Crippen LogP contribution in [0.4, 0.5) is 0 Å². The van der Waals surface area contributed by atoms with E-state index < -0.39 is 47.1 Å². The van der Waals surface area contributed by atoms with Gasteiger partial charge >= 0.3 is 5.97 Å². The molecule has 10 heteroatoms. The van der Waals surface area contributed by atoms with Crippen LogP contribution in [0.25, 0.3) is 0 Å². The van der Waals surface area contributed by atoms with Gasteiger partial charge in [-0.1, -0.05) is 84.9 Å². The molecule has 2 heterocycles. The van der Waals surface area contributed by atoms with E-state index in [2.05, 4.69) is 0 Å². The third-order valence-corrected chi connectivity index (χ3v) is 8.19. The molecule has 2 saturated heterocycles. The topological polar surface area (TPSA) is 171 Å². The molecular weight excluding hydrogens is 522 g/mol. The van der Waals surface area contributed by atoms with E-state index in [1.165, 1.54) is 24.3 Å². The van der Waals surface area contributed by atoms with Crippen molar-refractivity contribution in [2.24, 2.45) is 23.3 Å². The molecule has 0 bridgehead atoms. The summed E-state index contributed by atoms with van der Waals surface area (Å²) in [6.45, 7) is -0.0519. The van der Waals surface area contributed by atoms with Crippen LogP contribution in [0.3, 0.4) is 0 Å². The lowest BCUT2D eigenvalue weighted by molar-refractivity contribution is -0.160. The van der Waals surface area contributed by atoms with E-state index >= 15 is 0 Å². The lowest BCUT2D eigenvalue weighted by Gasteiger charge is -2.41. The van der Waals surface area contributed by atoms with Crippen molar-refractivity contribution >= 4 is 29.5 Å². The summed E-state index contributed by atoms with van der Waals surface area (Å²) in [7, 11) is 0. The molecule has 0 spiro atoms. The first-order valence-electron chi connectivity index (χ1n) is 13.3. The minimum Gasteiger partial charge on any atom is -0.480 e. The molecule has 0 radical (unpaired) electrons. The average molecular weight is 554 g/mol. The van der Waals surface area contributed by atoms with Crippen molar-refractivity contribution < 1.29 is 24.3 Å². The number of hydrogen-bond acceptors (Lipinski definition) is 6. The number of nitrogens with zero attached hydrogens (tertiary/aromatic N) is 2. The zero-order valence-corrected chi connectivity index (χ0v) is 22.3. The largest absolute Gasteiger partial charge is 0.480 e. The van der Waals surface area contributed by atoms with E-state index in [1.54, 1.807) is 17.0 Å². The van der Waals surface area contributed by atoms with Crippen molar-refractivity contribution in [1.82, 2.24) is 9.80 Å². The highest BCUT2D eigenvalue weighted by atomic mass is 16.4. The van der Waals surface area contributed by atoms with Crippen LogP contribution in [-0.4, -0.2) is 57.0 Å². The summed E-state index contributed by atoms with van der Waals surface area (Å²) in [6.07, 6.45) is 0.112. The van der Waals surface area contributed by atoms with Crippen LogP contribution in [0.2, 0.25) is 0 Å². The fraction of sp³-hybridized carbons (Fsp3) is 0.258. The van der Waals surface area contributed by atoms with Gasteiger partial charge in [0, 0.05) is 24.6 Å². The van der Waals surface area contributed by atoms with Gasteiger partial charge in [-0.2, -0.15) is 0 Å². The summed E-state index contributed by atoms with van der Waals surface area (Å²) < 4.78 is 0. The normalized spacial score (nSPS) is 23.9. The van der Waals surface area contributed by atoms with E-state index in [9.17, 15) is 24.3 Å². The molecule has 210 valence electrons. The number of amides is 3. The summed E-state index contributed by atoms with van der Waals surface area (Å²) in [5.74, 6) is -5.41. The first-order valence-corrected chi connectivity index (χ1v) is 13.3. The highest BCUT2D eigenvalue weighted by Crippen LogP contribution is 2.55. The summed E-state index contributed by atoms with van der Waals surface area (Å²) >= 11 is 0. The number of likely N-dealkylation sites (tertiary alicyclic amines) is 2. The van der Waals surface area contributed by atoms with Crippen LogP contribution in [0.5, 0.6) is 0 Å². The molecular formula is C31H31N5O5. The molecule has 41 heavy (non-hydrogen) atoms. The third-order valence-electron chi connectivity index (χ3n) is 8.19. The van der Waals surface area contributed by atoms with Crippen molar-refractivity contribution in [3.63, 3.8) is 0 Å². The van der Waals surface area contributed by atoms with Gasteiger partial charge in [-0.05, 0) is 23.1 Å². The molecule has 3 aromatic rings. The molecule has 2 aliphatic rings. The Labute approximate surface area is 237 Å². The number of carboxylic acids is 1. The van der Waals surface area contributed by atoms with E-state index in [0.29, 0.717) is 5.56 Å². The second-order valence-corrected chi connectivity index (χ2v) is 10.5. The molecule has 2 fully saturated rings. The molecule has 10 nitrogen and oxygen atoms in total. The van der Waals surface area contributed by atoms with Crippen LogP contribution < -0.4 is 11.5 Å². The van der Waals surface area contributed by atoms with Crippen molar-refractivity contribution in [2.75, 3.05) is 6.54 Å². The van der Waals surface area contributed by atoms with Gasteiger partial charge in [0.2, 0.25) is 17.7 Å². The predicted octanol–water partition coefficient (Wildman–Crippen LogP) is 1.85. The van der Waals surface area contributed by atoms with Gasteiger partial charge in [-0.3, -0.25) is 29.6 Å². The van der Waals surface area contributed by atoms with Crippen LogP contribution in [0, 0.1) is 17.2 Å². The first kappa shape index (κ1) is 27.7. The van der Waals surface area contributed by atoms with Gasteiger partial charge < -0.3 is 16.6 Å². The van der Waals surface area contributed by atoms with Crippen molar-refractivity contribution in [2.45, 2.75) is 31.0 Å². The number of benzene rings is 3. The number of carbonyl (C=O) groups is 4. The Kier molecular flexibility index (Phi) is 7.42. The monoisotopic (exact) mass is 553 g/mol. The Bertz CT molecular complexity index is 1490. The SMILES string of the molecule is N=C(N)c1ccc(C2(C(=O)O)C3C(=O)N(Cc4ccccc4)C(=O)C3C(Cc3ccccc3)N2CCC(N)=O)cc1. The van der Waals surface area contributed by atoms with E-state index in [4.69, 9.17) is 16.9 Å². The maximum atomic E-state index is 14.2. The first-order chi connectivity index (χ1) is 19.7. The molecule has 3 amide bonds. The van der Waals surface area contributed by atoms with Crippen LogP contribution in [0.1, 0.15) is 28.7 Å². The highest BCUT2D eigenvalue weighted by molar-refractivity contribution is 6.09. The second kappa shape index (κ2) is 11.0. The average Bonchev–Trinajstić information content (AvgIpc) is 3.38. The fourth-order valence-electron chi connectivity index (χ4n) is 6.43. The van der Waals surface area contributed by atoms with Crippen LogP contribution >= 0.6 is 0 Å². The molecule has 6 N–H and O–H groups in total. The van der Waals surface area contributed by atoms with Gasteiger partial charge in [0.25, 0.3) is 0 Å². The van der Waals surface area contributed by atoms with Gasteiger partial charge in [0.05, 0.1) is 18.4 Å². The maximum absolute atomic E-state index is 14.2. The van der Waals surface area contributed by atoms with Gasteiger partial charge in [0.1, 0.15) is 5.84 Å². The number of nitrogens with one attached hydrogen (secondary N) is 1. The highest BCUT2D eigenvalue weighted by Gasteiger charge is 2.72. The predicted molar refractivity (Wildman–Crippen MR) is 150 cm³/mol. The number of imide groups is 1. The molecule has 0 saturated carbocycles. The molecule has 0 aliphatic carbocycles. The lowest BCUT2D eigenvalue weighted by Crippen LogP contribution is -2.57. The smallest absolute Gasteiger partial charge is 0.329 e. The Balaban J connectivity index is 1.70. The van der Waals surface area contributed by atoms with Crippen molar-refractivity contribution in [3.8, 4) is 0 Å². The van der Waals surface area contributed by atoms with Gasteiger partial charge in [-0.15, -0.1) is 0 Å². The quantitative estimate of drug-likeness (QED) is 0.169. The van der Waals surface area contributed by atoms with E-state index in [-0.39, 0.29) is 37.3 Å². The Morgan fingerprint density at radius 1 is 0.854 bits per heavy atom.